The number of ether oxygens (including phenoxy) is 1. The Morgan fingerprint density at radius 2 is 1.86 bits per heavy atom. The Morgan fingerprint density at radius 1 is 1.09 bits per heavy atom. The summed E-state index contributed by atoms with van der Waals surface area (Å²) in [5.74, 6) is -0.969. The largest absolute Gasteiger partial charge is 0.481 e. The number of piperazine rings is 1. The van der Waals surface area contributed by atoms with Gasteiger partial charge >= 0.3 is 18.8 Å². The van der Waals surface area contributed by atoms with E-state index < -0.39 is 45.3 Å². The van der Waals surface area contributed by atoms with E-state index in [1.165, 1.54) is 30.5 Å². The molecule has 43 heavy (non-hydrogen) atoms. The van der Waals surface area contributed by atoms with Crippen molar-refractivity contribution in [2.45, 2.75) is 30.1 Å². The van der Waals surface area contributed by atoms with Crippen LogP contribution in [0.4, 0.5) is 33.5 Å². The van der Waals surface area contributed by atoms with Crippen molar-refractivity contribution >= 4 is 39.1 Å². The number of halogens is 6. The fraction of sp³-hybridized carbons (Fsp3) is 0.333. The molecule has 3 heterocycles. The van der Waals surface area contributed by atoms with Gasteiger partial charge in [0, 0.05) is 43.0 Å². The van der Waals surface area contributed by atoms with Crippen LogP contribution in [0.1, 0.15) is 12.0 Å². The predicted octanol–water partition coefficient (Wildman–Crippen LogP) is 5.20. The van der Waals surface area contributed by atoms with Gasteiger partial charge in [-0.2, -0.15) is 22.0 Å². The number of carboxylic acid groups (broad SMARTS) is 1. The standard InChI is InChI=1S/C27H24ClF5N4O5S/c28-19-8-16(9-21(12-19)42-26(29)30)17-10-23-25(34-13-17)36-7-6-35(5-4-24(38)39)14-20(36)15-37(23)43(40,41)22-3-1-2-18(11-22)27(31,32)33/h1-3,8-13,20,26H,4-7,14-15H2,(H,38,39)/t20-/m0/s1. The fourth-order valence-electron chi connectivity index (χ4n) is 5.20. The Bertz CT molecular complexity index is 1640. The molecule has 0 bridgehead atoms. The highest BCUT2D eigenvalue weighted by Crippen LogP contribution is 2.42. The second-order valence-corrected chi connectivity index (χ2v) is 12.3. The Balaban J connectivity index is 1.60. The molecular weight excluding hydrogens is 623 g/mol. The van der Waals surface area contributed by atoms with Gasteiger partial charge in [-0.3, -0.25) is 14.0 Å². The number of rotatable bonds is 8. The van der Waals surface area contributed by atoms with E-state index in [1.807, 2.05) is 9.80 Å². The number of carbonyl (C=O) groups is 1. The molecule has 16 heteroatoms. The van der Waals surface area contributed by atoms with Crippen LogP contribution >= 0.6 is 11.6 Å². The SMILES string of the molecule is O=C(O)CCN1CCN2c3ncc(-c4cc(Cl)cc(OC(F)F)c4)cc3N(S(=O)(=O)c3cccc(C(F)(F)F)c3)C[C@@H]2C1. The number of aromatic nitrogens is 1. The normalized spacial score (nSPS) is 17.5. The number of pyridine rings is 1. The average molecular weight is 647 g/mol. The van der Waals surface area contributed by atoms with Crippen molar-refractivity contribution in [3.63, 3.8) is 0 Å². The van der Waals surface area contributed by atoms with Gasteiger partial charge in [0.25, 0.3) is 10.0 Å². The zero-order chi connectivity index (χ0) is 31.1. The van der Waals surface area contributed by atoms with Crippen LogP contribution in [-0.2, 0) is 21.0 Å². The summed E-state index contributed by atoms with van der Waals surface area (Å²) in [6.07, 6.45) is -3.49. The molecule has 0 aliphatic carbocycles. The molecule has 0 spiro atoms. The number of fused-ring (bicyclic) bond motifs is 3. The summed E-state index contributed by atoms with van der Waals surface area (Å²) >= 11 is 6.12. The number of nitrogens with zero attached hydrogens (tertiary/aromatic N) is 4. The van der Waals surface area contributed by atoms with E-state index in [2.05, 4.69) is 9.72 Å². The molecule has 1 aromatic heterocycles. The quantitative estimate of drug-likeness (QED) is 0.334. The van der Waals surface area contributed by atoms with Crippen molar-refractivity contribution in [1.29, 1.82) is 0 Å². The third-order valence-electron chi connectivity index (χ3n) is 7.15. The number of anilines is 2. The molecule has 1 N–H and O–H groups in total. The van der Waals surface area contributed by atoms with Gasteiger partial charge in [-0.1, -0.05) is 17.7 Å². The molecule has 2 aliphatic heterocycles. The predicted molar refractivity (Wildman–Crippen MR) is 147 cm³/mol. The number of hydrogen-bond acceptors (Lipinski definition) is 7. The molecule has 0 unspecified atom stereocenters. The number of sulfonamides is 1. The van der Waals surface area contributed by atoms with E-state index in [1.54, 1.807) is 0 Å². The lowest BCUT2D eigenvalue weighted by atomic mass is 10.0. The molecule has 0 saturated carbocycles. The third kappa shape index (κ3) is 6.63. The summed E-state index contributed by atoms with van der Waals surface area (Å²) in [5, 5.41) is 9.16. The Kier molecular flexibility index (Phi) is 8.42. The highest BCUT2D eigenvalue weighted by molar-refractivity contribution is 7.92. The van der Waals surface area contributed by atoms with Crippen molar-refractivity contribution < 1.29 is 45.0 Å². The summed E-state index contributed by atoms with van der Waals surface area (Å²) < 4.78 is 99.6. The molecule has 1 atom stereocenters. The van der Waals surface area contributed by atoms with E-state index in [0.717, 1.165) is 22.5 Å². The molecule has 0 radical (unpaired) electrons. The summed E-state index contributed by atoms with van der Waals surface area (Å²) in [6, 6.07) is 8.27. The summed E-state index contributed by atoms with van der Waals surface area (Å²) in [4.78, 5) is 18.8. The highest BCUT2D eigenvalue weighted by Gasteiger charge is 2.41. The van der Waals surface area contributed by atoms with Crippen LogP contribution in [0.15, 0.2) is 59.6 Å². The number of aliphatic carboxylic acids is 1. The van der Waals surface area contributed by atoms with Crippen molar-refractivity contribution in [1.82, 2.24) is 9.88 Å². The van der Waals surface area contributed by atoms with E-state index >= 15 is 0 Å². The van der Waals surface area contributed by atoms with Crippen LogP contribution in [0.5, 0.6) is 5.75 Å². The Labute approximate surface area is 248 Å². The molecule has 9 nitrogen and oxygen atoms in total. The lowest BCUT2D eigenvalue weighted by Crippen LogP contribution is -2.61. The van der Waals surface area contributed by atoms with E-state index in [-0.39, 0.29) is 53.9 Å². The lowest BCUT2D eigenvalue weighted by Gasteiger charge is -2.48. The molecule has 1 fully saturated rings. The molecule has 1 saturated heterocycles. The Hall–Kier alpha value is -3.69. The second-order valence-electron chi connectivity index (χ2n) is 9.97. The molecule has 2 aromatic carbocycles. The van der Waals surface area contributed by atoms with Crippen LogP contribution in [-0.4, -0.2) is 74.8 Å². The number of benzene rings is 2. The monoisotopic (exact) mass is 646 g/mol. The minimum Gasteiger partial charge on any atom is -0.481 e. The topological polar surface area (TPSA) is 103 Å². The van der Waals surface area contributed by atoms with Crippen LogP contribution in [0.25, 0.3) is 11.1 Å². The van der Waals surface area contributed by atoms with Crippen molar-refractivity contribution in [3.8, 4) is 16.9 Å². The maximum atomic E-state index is 14.0. The third-order valence-corrected chi connectivity index (χ3v) is 9.15. The number of hydrogen-bond donors (Lipinski definition) is 1. The second kappa shape index (κ2) is 11.8. The van der Waals surface area contributed by atoms with Gasteiger partial charge in [0.2, 0.25) is 0 Å². The van der Waals surface area contributed by atoms with Crippen LogP contribution in [0.2, 0.25) is 5.02 Å². The zero-order valence-electron chi connectivity index (χ0n) is 22.1. The van der Waals surface area contributed by atoms with Gasteiger partial charge in [0.05, 0.1) is 35.2 Å². The minimum atomic E-state index is -4.78. The van der Waals surface area contributed by atoms with Gasteiger partial charge < -0.3 is 14.7 Å². The van der Waals surface area contributed by atoms with E-state index in [9.17, 15) is 35.2 Å². The molecule has 2 aliphatic rings. The lowest BCUT2D eigenvalue weighted by molar-refractivity contribution is -0.138. The summed E-state index contributed by atoms with van der Waals surface area (Å²) in [7, 11) is -4.58. The first kappa shape index (κ1) is 30.8. The van der Waals surface area contributed by atoms with E-state index in [0.29, 0.717) is 24.7 Å². The molecular formula is C27H24ClF5N4O5S. The molecule has 5 rings (SSSR count). The smallest absolute Gasteiger partial charge is 0.416 e. The van der Waals surface area contributed by atoms with Crippen LogP contribution in [0, 0.1) is 0 Å². The van der Waals surface area contributed by atoms with Crippen molar-refractivity contribution in [3.05, 3.63) is 65.3 Å². The van der Waals surface area contributed by atoms with Gasteiger partial charge in [0.15, 0.2) is 5.82 Å². The maximum absolute atomic E-state index is 14.0. The van der Waals surface area contributed by atoms with Crippen LogP contribution in [0.3, 0.4) is 0 Å². The minimum absolute atomic E-state index is 0.0665. The first-order valence-corrected chi connectivity index (χ1v) is 14.7. The van der Waals surface area contributed by atoms with Gasteiger partial charge in [0.1, 0.15) is 5.75 Å². The van der Waals surface area contributed by atoms with E-state index in [4.69, 9.17) is 16.7 Å². The zero-order valence-corrected chi connectivity index (χ0v) is 23.7. The highest BCUT2D eigenvalue weighted by atomic mass is 35.5. The number of carboxylic acids is 1. The van der Waals surface area contributed by atoms with Crippen molar-refractivity contribution in [2.75, 3.05) is 41.9 Å². The molecule has 230 valence electrons. The average Bonchev–Trinajstić information content (AvgIpc) is 2.94. The number of alkyl halides is 5. The van der Waals surface area contributed by atoms with Gasteiger partial charge in [-0.25, -0.2) is 13.4 Å². The molecule has 3 aromatic rings. The van der Waals surface area contributed by atoms with Crippen molar-refractivity contribution in [2.24, 2.45) is 0 Å². The summed E-state index contributed by atoms with van der Waals surface area (Å²) in [6.45, 7) is -1.92. The Morgan fingerprint density at radius 3 is 2.56 bits per heavy atom. The molecule has 0 amide bonds. The fourth-order valence-corrected chi connectivity index (χ4v) is 6.97. The first-order chi connectivity index (χ1) is 20.2. The first-order valence-electron chi connectivity index (χ1n) is 12.9. The van der Waals surface area contributed by atoms with Gasteiger partial charge in [-0.15, -0.1) is 0 Å². The van der Waals surface area contributed by atoms with Gasteiger partial charge in [-0.05, 0) is 48.0 Å². The maximum Gasteiger partial charge on any atom is 0.416 e. The van der Waals surface area contributed by atoms with Crippen LogP contribution < -0.4 is 13.9 Å². The summed E-state index contributed by atoms with van der Waals surface area (Å²) in [5.41, 5.74) is -0.484.